The van der Waals surface area contributed by atoms with Crippen molar-refractivity contribution >= 4 is 33.4 Å². The van der Waals surface area contributed by atoms with Crippen LogP contribution in [0.1, 0.15) is 23.2 Å². The Bertz CT molecular complexity index is 441. The van der Waals surface area contributed by atoms with Crippen molar-refractivity contribution in [2.45, 2.75) is 18.9 Å². The van der Waals surface area contributed by atoms with Gasteiger partial charge in [-0.25, -0.2) is 4.39 Å². The standard InChI is InChI=1S/C12H12BrClFNO/c13-7-8-3-2-6-16(8)12(17)9-4-1-5-10(15)11(9)14/h1,4-5,8H,2-3,6-7H2. The Morgan fingerprint density at radius 2 is 2.35 bits per heavy atom. The molecule has 1 amide bonds. The average molecular weight is 321 g/mol. The van der Waals surface area contributed by atoms with Crippen molar-refractivity contribution in [1.82, 2.24) is 4.90 Å². The largest absolute Gasteiger partial charge is 0.335 e. The molecule has 5 heteroatoms. The quantitative estimate of drug-likeness (QED) is 0.764. The van der Waals surface area contributed by atoms with Crippen molar-refractivity contribution < 1.29 is 9.18 Å². The first-order chi connectivity index (χ1) is 8.15. The van der Waals surface area contributed by atoms with E-state index in [1.165, 1.54) is 12.1 Å². The van der Waals surface area contributed by atoms with Crippen LogP contribution in [0.25, 0.3) is 0 Å². The number of nitrogens with zero attached hydrogens (tertiary/aromatic N) is 1. The predicted molar refractivity (Wildman–Crippen MR) is 69.3 cm³/mol. The zero-order chi connectivity index (χ0) is 12.4. The topological polar surface area (TPSA) is 20.3 Å². The molecule has 1 unspecified atom stereocenters. The van der Waals surface area contributed by atoms with Crippen LogP contribution in [0.3, 0.4) is 0 Å². The van der Waals surface area contributed by atoms with Gasteiger partial charge in [0.2, 0.25) is 0 Å². The van der Waals surface area contributed by atoms with Gasteiger partial charge in [0, 0.05) is 17.9 Å². The smallest absolute Gasteiger partial charge is 0.255 e. The van der Waals surface area contributed by atoms with Gasteiger partial charge in [-0.15, -0.1) is 0 Å². The van der Waals surface area contributed by atoms with E-state index in [0.717, 1.165) is 18.2 Å². The first kappa shape index (κ1) is 12.8. The molecule has 2 rings (SSSR count). The molecule has 2 nitrogen and oxygen atoms in total. The predicted octanol–water partition coefficient (Wildman–Crippen LogP) is 3.48. The molecule has 0 bridgehead atoms. The monoisotopic (exact) mass is 319 g/mol. The third kappa shape index (κ3) is 2.47. The minimum absolute atomic E-state index is 0.0854. The maximum atomic E-state index is 13.3. The number of carbonyl (C=O) groups excluding carboxylic acids is 1. The summed E-state index contributed by atoms with van der Waals surface area (Å²) in [5.41, 5.74) is 0.250. The van der Waals surface area contributed by atoms with Gasteiger partial charge in [-0.1, -0.05) is 33.6 Å². The molecule has 0 aromatic heterocycles. The highest BCUT2D eigenvalue weighted by molar-refractivity contribution is 9.09. The van der Waals surface area contributed by atoms with Gasteiger partial charge in [0.15, 0.2) is 0 Å². The number of hydrogen-bond donors (Lipinski definition) is 0. The number of likely N-dealkylation sites (tertiary alicyclic amines) is 1. The lowest BCUT2D eigenvalue weighted by Crippen LogP contribution is -2.36. The molecule has 1 fully saturated rings. The summed E-state index contributed by atoms with van der Waals surface area (Å²) in [6.07, 6.45) is 1.96. The Morgan fingerprint density at radius 3 is 3.06 bits per heavy atom. The van der Waals surface area contributed by atoms with Crippen LogP contribution in [0.4, 0.5) is 4.39 Å². The zero-order valence-electron chi connectivity index (χ0n) is 9.13. The van der Waals surface area contributed by atoms with Gasteiger partial charge < -0.3 is 4.90 Å². The Balaban J connectivity index is 2.28. The molecular weight excluding hydrogens is 308 g/mol. The summed E-state index contributed by atoms with van der Waals surface area (Å²) in [6, 6.07) is 4.51. The summed E-state index contributed by atoms with van der Waals surface area (Å²) in [6.45, 7) is 0.710. The van der Waals surface area contributed by atoms with E-state index in [4.69, 9.17) is 11.6 Å². The van der Waals surface area contributed by atoms with Crippen LogP contribution in [0, 0.1) is 5.82 Å². The summed E-state index contributed by atoms with van der Waals surface area (Å²) in [5, 5.41) is 0.656. The van der Waals surface area contributed by atoms with Crippen molar-refractivity contribution in [2.24, 2.45) is 0 Å². The van der Waals surface area contributed by atoms with Crippen LogP contribution < -0.4 is 0 Å². The highest BCUT2D eigenvalue weighted by Gasteiger charge is 2.29. The van der Waals surface area contributed by atoms with E-state index >= 15 is 0 Å². The maximum Gasteiger partial charge on any atom is 0.255 e. The van der Waals surface area contributed by atoms with E-state index in [1.54, 1.807) is 11.0 Å². The summed E-state index contributed by atoms with van der Waals surface area (Å²) < 4.78 is 13.3. The minimum atomic E-state index is -0.549. The maximum absolute atomic E-state index is 13.3. The van der Waals surface area contributed by atoms with Gasteiger partial charge in [-0.05, 0) is 25.0 Å². The van der Waals surface area contributed by atoms with E-state index in [0.29, 0.717) is 6.54 Å². The molecule has 17 heavy (non-hydrogen) atoms. The third-order valence-corrected chi connectivity index (χ3v) is 4.13. The van der Waals surface area contributed by atoms with Crippen molar-refractivity contribution in [1.29, 1.82) is 0 Å². The molecular formula is C12H12BrClFNO. The Morgan fingerprint density at radius 1 is 1.59 bits per heavy atom. The van der Waals surface area contributed by atoms with Crippen molar-refractivity contribution in [2.75, 3.05) is 11.9 Å². The van der Waals surface area contributed by atoms with Crippen LogP contribution in [0.5, 0.6) is 0 Å². The lowest BCUT2D eigenvalue weighted by Gasteiger charge is -2.23. The zero-order valence-corrected chi connectivity index (χ0v) is 11.5. The number of halogens is 3. The SMILES string of the molecule is O=C(c1cccc(F)c1Cl)N1CCCC1CBr. The molecule has 1 saturated heterocycles. The van der Waals surface area contributed by atoms with Gasteiger partial charge in [-0.2, -0.15) is 0 Å². The number of carbonyl (C=O) groups is 1. The van der Waals surface area contributed by atoms with Crippen LogP contribution in [0.15, 0.2) is 18.2 Å². The summed E-state index contributed by atoms with van der Waals surface area (Å²) >= 11 is 9.21. The second kappa shape index (κ2) is 5.36. The van der Waals surface area contributed by atoms with Crippen molar-refractivity contribution in [3.05, 3.63) is 34.6 Å². The summed E-state index contributed by atoms with van der Waals surface area (Å²) in [5.74, 6) is -0.733. The van der Waals surface area contributed by atoms with E-state index in [-0.39, 0.29) is 22.5 Å². The number of hydrogen-bond acceptors (Lipinski definition) is 1. The molecule has 1 aliphatic heterocycles. The number of benzene rings is 1. The molecule has 1 aromatic rings. The normalized spacial score (nSPS) is 19.7. The Labute approximate surface area is 113 Å². The first-order valence-electron chi connectivity index (χ1n) is 5.46. The lowest BCUT2D eigenvalue weighted by atomic mass is 10.1. The number of rotatable bonds is 2. The molecule has 0 aliphatic carbocycles. The van der Waals surface area contributed by atoms with E-state index in [9.17, 15) is 9.18 Å². The van der Waals surface area contributed by atoms with Crippen LogP contribution >= 0.6 is 27.5 Å². The number of amides is 1. The average Bonchev–Trinajstić information content (AvgIpc) is 2.80. The van der Waals surface area contributed by atoms with Crippen LogP contribution in [-0.4, -0.2) is 28.7 Å². The first-order valence-corrected chi connectivity index (χ1v) is 6.96. The Kier molecular flexibility index (Phi) is 4.05. The summed E-state index contributed by atoms with van der Waals surface area (Å²) in [7, 11) is 0. The Hall–Kier alpha value is -0.610. The highest BCUT2D eigenvalue weighted by atomic mass is 79.9. The van der Waals surface area contributed by atoms with E-state index in [2.05, 4.69) is 15.9 Å². The van der Waals surface area contributed by atoms with Gasteiger partial charge in [0.1, 0.15) is 5.82 Å². The molecule has 0 saturated carbocycles. The second-order valence-electron chi connectivity index (χ2n) is 4.05. The van der Waals surface area contributed by atoms with Gasteiger partial charge >= 0.3 is 0 Å². The molecule has 0 radical (unpaired) electrons. The van der Waals surface area contributed by atoms with Crippen molar-refractivity contribution in [3.63, 3.8) is 0 Å². The molecule has 1 aromatic carbocycles. The molecule has 0 N–H and O–H groups in total. The molecule has 0 spiro atoms. The fourth-order valence-electron chi connectivity index (χ4n) is 2.09. The highest BCUT2D eigenvalue weighted by Crippen LogP contribution is 2.26. The van der Waals surface area contributed by atoms with Crippen molar-refractivity contribution in [3.8, 4) is 0 Å². The van der Waals surface area contributed by atoms with Gasteiger partial charge in [-0.3, -0.25) is 4.79 Å². The second-order valence-corrected chi connectivity index (χ2v) is 5.08. The fourth-order valence-corrected chi connectivity index (χ4v) is 2.97. The fraction of sp³-hybridized carbons (Fsp3) is 0.417. The third-order valence-electron chi connectivity index (χ3n) is 3.00. The molecule has 1 heterocycles. The van der Waals surface area contributed by atoms with E-state index < -0.39 is 5.82 Å². The molecule has 92 valence electrons. The van der Waals surface area contributed by atoms with Gasteiger partial charge in [0.05, 0.1) is 10.6 Å². The minimum Gasteiger partial charge on any atom is -0.335 e. The lowest BCUT2D eigenvalue weighted by molar-refractivity contribution is 0.0750. The summed E-state index contributed by atoms with van der Waals surface area (Å²) in [4.78, 5) is 14.0. The van der Waals surface area contributed by atoms with E-state index in [1.807, 2.05) is 0 Å². The molecule has 1 atom stereocenters. The van der Waals surface area contributed by atoms with Gasteiger partial charge in [0.25, 0.3) is 5.91 Å². The number of alkyl halides is 1. The molecule has 1 aliphatic rings. The van der Waals surface area contributed by atoms with Crippen LogP contribution in [0.2, 0.25) is 5.02 Å². The van der Waals surface area contributed by atoms with Crippen LogP contribution in [-0.2, 0) is 0 Å².